The molecule has 0 N–H and O–H groups in total. The van der Waals surface area contributed by atoms with Crippen molar-refractivity contribution in [2.75, 3.05) is 14.2 Å². The number of hydrogen-bond donors (Lipinski definition) is 0. The third-order valence-corrected chi connectivity index (χ3v) is 4.50. The van der Waals surface area contributed by atoms with Gasteiger partial charge >= 0.3 is 0 Å². The molecule has 0 saturated heterocycles. The lowest BCUT2D eigenvalue weighted by atomic mass is 10.00. The lowest BCUT2D eigenvalue weighted by Crippen LogP contribution is -2.27. The van der Waals surface area contributed by atoms with Crippen LogP contribution in [-0.4, -0.2) is 24.8 Å². The molecule has 0 spiro atoms. The molecule has 0 bridgehead atoms. The van der Waals surface area contributed by atoms with Crippen LogP contribution >= 0.6 is 0 Å². The van der Waals surface area contributed by atoms with Gasteiger partial charge in [0.05, 0.1) is 7.11 Å². The predicted molar refractivity (Wildman–Crippen MR) is 87.1 cm³/mol. The number of Topliss-reactive ketones (excluding diaryl/α,β-unsaturated/α-hetero) is 1. The maximum Gasteiger partial charge on any atom is 0.167 e. The number of ether oxygens (including phenoxy) is 1. The summed E-state index contributed by atoms with van der Waals surface area (Å²) in [5.74, 6) is 1.11. The Morgan fingerprint density at radius 3 is 2.45 bits per heavy atom. The van der Waals surface area contributed by atoms with Crippen molar-refractivity contribution < 1.29 is 9.53 Å². The largest absolute Gasteiger partial charge is 0.497 e. The van der Waals surface area contributed by atoms with Gasteiger partial charge < -0.3 is 4.74 Å². The average molecular weight is 295 g/mol. The number of nitrogens with zero attached hydrogens (tertiary/aromatic N) is 1. The van der Waals surface area contributed by atoms with Crippen LogP contribution < -0.4 is 4.74 Å². The Kier molecular flexibility index (Phi) is 3.99. The van der Waals surface area contributed by atoms with E-state index in [1.165, 1.54) is 5.56 Å². The van der Waals surface area contributed by atoms with Gasteiger partial charge in [-0.05, 0) is 30.3 Å². The van der Waals surface area contributed by atoms with E-state index >= 15 is 0 Å². The fourth-order valence-corrected chi connectivity index (χ4v) is 3.37. The second kappa shape index (κ2) is 5.93. The maximum atomic E-state index is 12.4. The summed E-state index contributed by atoms with van der Waals surface area (Å²) < 4.78 is 5.19. The molecule has 1 aliphatic carbocycles. The zero-order chi connectivity index (χ0) is 15.7. The molecule has 3 rings (SSSR count). The molecule has 2 aromatic rings. The highest BCUT2D eigenvalue weighted by Gasteiger charge is 2.38. The molecule has 0 aliphatic heterocycles. The van der Waals surface area contributed by atoms with Crippen LogP contribution in [0.1, 0.15) is 34.5 Å². The fourth-order valence-electron chi connectivity index (χ4n) is 3.37. The van der Waals surface area contributed by atoms with E-state index in [2.05, 4.69) is 30.1 Å². The van der Waals surface area contributed by atoms with Crippen LogP contribution in [0.3, 0.4) is 0 Å². The molecule has 3 heteroatoms. The first-order chi connectivity index (χ1) is 10.6. The van der Waals surface area contributed by atoms with E-state index in [1.807, 2.05) is 37.3 Å². The average Bonchev–Trinajstić information content (AvgIpc) is 2.80. The Bertz CT molecular complexity index is 678. The first-order valence-corrected chi connectivity index (χ1v) is 7.58. The molecule has 2 atom stereocenters. The van der Waals surface area contributed by atoms with Gasteiger partial charge in [-0.25, -0.2) is 0 Å². The van der Waals surface area contributed by atoms with Gasteiger partial charge in [0.1, 0.15) is 5.75 Å². The zero-order valence-corrected chi connectivity index (χ0v) is 13.2. The van der Waals surface area contributed by atoms with Crippen molar-refractivity contribution in [3.05, 3.63) is 65.2 Å². The summed E-state index contributed by atoms with van der Waals surface area (Å²) in [5.41, 5.74) is 3.24. The van der Waals surface area contributed by atoms with Gasteiger partial charge in [0.25, 0.3) is 0 Å². The Labute approximate surface area is 131 Å². The number of rotatable bonds is 4. The van der Waals surface area contributed by atoms with Gasteiger partial charge in [0.15, 0.2) is 5.78 Å². The van der Waals surface area contributed by atoms with Crippen LogP contribution in [0.15, 0.2) is 48.5 Å². The summed E-state index contributed by atoms with van der Waals surface area (Å²) in [6.45, 7) is 2.83. The van der Waals surface area contributed by atoms with Crippen molar-refractivity contribution in [2.45, 2.75) is 19.5 Å². The summed E-state index contributed by atoms with van der Waals surface area (Å²) in [6.07, 6.45) is 0. The predicted octanol–water partition coefficient (Wildman–Crippen LogP) is 3.70. The van der Waals surface area contributed by atoms with E-state index in [4.69, 9.17) is 4.74 Å². The van der Waals surface area contributed by atoms with Crippen molar-refractivity contribution in [1.82, 2.24) is 4.90 Å². The van der Waals surface area contributed by atoms with Crippen LogP contribution in [-0.2, 0) is 6.54 Å². The highest BCUT2D eigenvalue weighted by Crippen LogP contribution is 2.39. The number of carbonyl (C=O) groups excluding carboxylic acids is 1. The maximum absolute atomic E-state index is 12.4. The quantitative estimate of drug-likeness (QED) is 0.861. The van der Waals surface area contributed by atoms with Gasteiger partial charge in [0, 0.05) is 24.1 Å². The summed E-state index contributed by atoms with van der Waals surface area (Å²) in [4.78, 5) is 14.7. The van der Waals surface area contributed by atoms with Gasteiger partial charge in [-0.3, -0.25) is 9.69 Å². The smallest absolute Gasteiger partial charge is 0.167 e. The van der Waals surface area contributed by atoms with Crippen molar-refractivity contribution in [3.63, 3.8) is 0 Å². The summed E-state index contributed by atoms with van der Waals surface area (Å²) >= 11 is 0. The van der Waals surface area contributed by atoms with E-state index in [1.54, 1.807) is 7.11 Å². The van der Waals surface area contributed by atoms with E-state index in [9.17, 15) is 4.79 Å². The second-order valence-corrected chi connectivity index (χ2v) is 5.95. The third kappa shape index (κ3) is 2.53. The number of hydrogen-bond acceptors (Lipinski definition) is 3. The van der Waals surface area contributed by atoms with E-state index in [-0.39, 0.29) is 17.7 Å². The third-order valence-electron chi connectivity index (χ3n) is 4.50. The SMILES string of the molecule is COc1ccc(CN(C)C2c3ccccc3C(=O)C2C)cc1. The van der Waals surface area contributed by atoms with Crippen molar-refractivity contribution in [1.29, 1.82) is 0 Å². The molecule has 0 aromatic heterocycles. The summed E-state index contributed by atoms with van der Waals surface area (Å²) in [7, 11) is 3.75. The molecule has 114 valence electrons. The highest BCUT2D eigenvalue weighted by molar-refractivity contribution is 6.02. The molecule has 1 aliphatic rings. The number of methoxy groups -OCH3 is 1. The summed E-state index contributed by atoms with van der Waals surface area (Å²) in [5, 5.41) is 0. The Morgan fingerprint density at radius 2 is 1.77 bits per heavy atom. The summed E-state index contributed by atoms with van der Waals surface area (Å²) in [6, 6.07) is 16.2. The van der Waals surface area contributed by atoms with Crippen molar-refractivity contribution in [3.8, 4) is 5.75 Å². The minimum Gasteiger partial charge on any atom is -0.497 e. The van der Waals surface area contributed by atoms with Gasteiger partial charge in [-0.2, -0.15) is 0 Å². The fraction of sp³-hybridized carbons (Fsp3) is 0.316. The van der Waals surface area contributed by atoms with Crippen molar-refractivity contribution in [2.24, 2.45) is 5.92 Å². The zero-order valence-electron chi connectivity index (χ0n) is 13.2. The molecule has 0 saturated carbocycles. The van der Waals surface area contributed by atoms with E-state index in [0.717, 1.165) is 23.4 Å². The molecule has 0 amide bonds. The number of benzene rings is 2. The van der Waals surface area contributed by atoms with Crippen LogP contribution in [0, 0.1) is 5.92 Å². The van der Waals surface area contributed by atoms with Crippen LogP contribution in [0.2, 0.25) is 0 Å². The number of fused-ring (bicyclic) bond motifs is 1. The Morgan fingerprint density at radius 1 is 1.09 bits per heavy atom. The van der Waals surface area contributed by atoms with Gasteiger partial charge in [0.2, 0.25) is 0 Å². The molecular formula is C19H21NO2. The van der Waals surface area contributed by atoms with Crippen molar-refractivity contribution >= 4 is 5.78 Å². The molecule has 0 radical (unpaired) electrons. The first kappa shape index (κ1) is 14.8. The molecule has 0 heterocycles. The molecular weight excluding hydrogens is 274 g/mol. The van der Waals surface area contributed by atoms with Gasteiger partial charge in [-0.1, -0.05) is 43.3 Å². The van der Waals surface area contributed by atoms with Crippen LogP contribution in [0.4, 0.5) is 0 Å². The molecule has 2 aromatic carbocycles. The number of ketones is 1. The minimum atomic E-state index is 0.000600. The topological polar surface area (TPSA) is 29.5 Å². The van der Waals surface area contributed by atoms with E-state index in [0.29, 0.717) is 0 Å². The van der Waals surface area contributed by atoms with Crippen LogP contribution in [0.25, 0.3) is 0 Å². The highest BCUT2D eigenvalue weighted by atomic mass is 16.5. The van der Waals surface area contributed by atoms with E-state index < -0.39 is 0 Å². The van der Waals surface area contributed by atoms with Crippen LogP contribution in [0.5, 0.6) is 5.75 Å². The minimum absolute atomic E-state index is 0.000600. The molecule has 22 heavy (non-hydrogen) atoms. The Balaban J connectivity index is 1.82. The molecule has 3 nitrogen and oxygen atoms in total. The Hall–Kier alpha value is -2.13. The first-order valence-electron chi connectivity index (χ1n) is 7.58. The second-order valence-electron chi connectivity index (χ2n) is 5.95. The monoisotopic (exact) mass is 295 g/mol. The molecule has 2 unspecified atom stereocenters. The van der Waals surface area contributed by atoms with Gasteiger partial charge in [-0.15, -0.1) is 0 Å². The standard InChI is InChI=1S/C19H21NO2/c1-13-18(16-6-4-5-7-17(16)19(13)21)20(2)12-14-8-10-15(22-3)11-9-14/h4-11,13,18H,12H2,1-3H3. The number of carbonyl (C=O) groups is 1. The lowest BCUT2D eigenvalue weighted by Gasteiger charge is -2.28. The normalized spacial score (nSPS) is 20.3. The molecule has 0 fully saturated rings. The lowest BCUT2D eigenvalue weighted by molar-refractivity contribution is 0.0871.